The fourth-order valence-electron chi connectivity index (χ4n) is 3.48. The van der Waals surface area contributed by atoms with Gasteiger partial charge in [-0.25, -0.2) is 9.97 Å². The number of nitrogens with one attached hydrogen (secondary N) is 1. The maximum Gasteiger partial charge on any atom is 0.251 e. The quantitative estimate of drug-likeness (QED) is 0.470. The van der Waals surface area contributed by atoms with Crippen molar-refractivity contribution in [1.82, 2.24) is 24.8 Å². The van der Waals surface area contributed by atoms with Gasteiger partial charge in [0.05, 0.1) is 12.2 Å². The van der Waals surface area contributed by atoms with E-state index in [1.807, 2.05) is 89.5 Å². The second-order valence-electron chi connectivity index (χ2n) is 7.03. The lowest BCUT2D eigenvalue weighted by Crippen LogP contribution is -2.23. The summed E-state index contributed by atoms with van der Waals surface area (Å²) in [6, 6.07) is 26.9. The zero-order valence-corrected chi connectivity index (χ0v) is 16.6. The van der Waals surface area contributed by atoms with Gasteiger partial charge in [0.1, 0.15) is 11.3 Å². The van der Waals surface area contributed by atoms with Crippen molar-refractivity contribution in [3.8, 4) is 17.1 Å². The minimum Gasteiger partial charge on any atom is -0.346 e. The summed E-state index contributed by atoms with van der Waals surface area (Å²) in [5.41, 5.74) is 4.88. The minimum absolute atomic E-state index is 0.144. The number of imidazole rings is 1. The molecule has 0 fully saturated rings. The first-order chi connectivity index (χ1) is 15.3. The van der Waals surface area contributed by atoms with E-state index in [9.17, 15) is 4.79 Å². The van der Waals surface area contributed by atoms with E-state index in [0.717, 1.165) is 33.9 Å². The molecule has 0 aliphatic rings. The van der Waals surface area contributed by atoms with Gasteiger partial charge in [0.2, 0.25) is 0 Å². The Bertz CT molecular complexity index is 1330. The molecular formula is C25H19N5O. The molecule has 1 amide bonds. The molecule has 0 aliphatic heterocycles. The summed E-state index contributed by atoms with van der Waals surface area (Å²) in [6.07, 6.45) is 3.47. The van der Waals surface area contributed by atoms with E-state index in [1.54, 1.807) is 12.4 Å². The number of benzene rings is 2. The molecule has 0 radical (unpaired) electrons. The molecule has 31 heavy (non-hydrogen) atoms. The third-order valence-corrected chi connectivity index (χ3v) is 4.99. The topological polar surface area (TPSA) is 72.7 Å². The highest BCUT2D eigenvalue weighted by molar-refractivity contribution is 5.94. The van der Waals surface area contributed by atoms with E-state index in [2.05, 4.69) is 15.3 Å². The average molecular weight is 405 g/mol. The summed E-state index contributed by atoms with van der Waals surface area (Å²) in [5, 5.41) is 2.90. The van der Waals surface area contributed by atoms with Crippen LogP contribution in [-0.4, -0.2) is 25.4 Å². The lowest BCUT2D eigenvalue weighted by Gasteiger charge is -2.10. The number of fused-ring (bicyclic) bond motifs is 1. The summed E-state index contributed by atoms with van der Waals surface area (Å²) in [6.45, 7) is 0.385. The van der Waals surface area contributed by atoms with Crippen LogP contribution in [0.1, 0.15) is 16.1 Å². The SMILES string of the molecule is O=C(NCc1ccccn1)c1ccc(-n2c(-c3ccccc3)nc3cccnc32)cc1. The molecule has 1 N–H and O–H groups in total. The summed E-state index contributed by atoms with van der Waals surface area (Å²) in [5.74, 6) is 0.663. The minimum atomic E-state index is -0.144. The van der Waals surface area contributed by atoms with Crippen molar-refractivity contribution < 1.29 is 4.79 Å². The Balaban J connectivity index is 1.46. The molecule has 0 bridgehead atoms. The molecule has 6 nitrogen and oxygen atoms in total. The number of nitrogens with zero attached hydrogens (tertiary/aromatic N) is 4. The molecule has 0 saturated carbocycles. The van der Waals surface area contributed by atoms with Crippen molar-refractivity contribution in [2.24, 2.45) is 0 Å². The summed E-state index contributed by atoms with van der Waals surface area (Å²) in [4.78, 5) is 26.1. The molecule has 5 aromatic rings. The second-order valence-corrected chi connectivity index (χ2v) is 7.03. The van der Waals surface area contributed by atoms with Crippen LogP contribution < -0.4 is 5.32 Å². The van der Waals surface area contributed by atoms with Crippen LogP contribution in [0, 0.1) is 0 Å². The molecule has 3 heterocycles. The van der Waals surface area contributed by atoms with Crippen LogP contribution in [-0.2, 0) is 6.54 Å². The monoisotopic (exact) mass is 405 g/mol. The summed E-state index contributed by atoms with van der Waals surface area (Å²) in [7, 11) is 0. The molecule has 0 unspecified atom stereocenters. The van der Waals surface area contributed by atoms with Gasteiger partial charge in [-0.3, -0.25) is 14.3 Å². The van der Waals surface area contributed by atoms with Gasteiger partial charge in [0, 0.05) is 29.2 Å². The normalized spacial score (nSPS) is 10.8. The Morgan fingerprint density at radius 2 is 1.58 bits per heavy atom. The molecular weight excluding hydrogens is 386 g/mol. The van der Waals surface area contributed by atoms with Crippen molar-refractivity contribution in [2.75, 3.05) is 0 Å². The molecule has 0 aliphatic carbocycles. The van der Waals surface area contributed by atoms with E-state index in [1.165, 1.54) is 0 Å². The maximum absolute atomic E-state index is 12.5. The number of amides is 1. The lowest BCUT2D eigenvalue weighted by atomic mass is 10.1. The summed E-state index contributed by atoms with van der Waals surface area (Å²) < 4.78 is 2.01. The van der Waals surface area contributed by atoms with Crippen molar-refractivity contribution in [1.29, 1.82) is 0 Å². The first kappa shape index (κ1) is 18.7. The standard InChI is InChI=1S/C25H19N5O/c31-25(28-17-20-9-4-5-15-26-20)19-11-13-21(14-12-19)30-23(18-7-2-1-3-8-18)29-22-10-6-16-27-24(22)30/h1-16H,17H2,(H,28,31). The lowest BCUT2D eigenvalue weighted by molar-refractivity contribution is 0.0950. The van der Waals surface area contributed by atoms with Gasteiger partial charge in [0.25, 0.3) is 5.91 Å². The van der Waals surface area contributed by atoms with Crippen molar-refractivity contribution in [3.05, 3.63) is 109 Å². The van der Waals surface area contributed by atoms with Crippen LogP contribution in [0.5, 0.6) is 0 Å². The Kier molecular flexibility index (Phi) is 4.94. The zero-order chi connectivity index (χ0) is 21.0. The van der Waals surface area contributed by atoms with Gasteiger partial charge in [-0.1, -0.05) is 36.4 Å². The third kappa shape index (κ3) is 3.79. The van der Waals surface area contributed by atoms with E-state index in [0.29, 0.717) is 12.1 Å². The third-order valence-electron chi connectivity index (χ3n) is 4.99. The van der Waals surface area contributed by atoms with Gasteiger partial charge < -0.3 is 5.32 Å². The number of carbonyl (C=O) groups excluding carboxylic acids is 1. The molecule has 0 spiro atoms. The largest absolute Gasteiger partial charge is 0.346 e. The number of rotatable bonds is 5. The average Bonchev–Trinajstić information content (AvgIpc) is 3.23. The van der Waals surface area contributed by atoms with Gasteiger partial charge in [-0.15, -0.1) is 0 Å². The van der Waals surface area contributed by atoms with Gasteiger partial charge in [-0.2, -0.15) is 0 Å². The number of aromatic nitrogens is 4. The van der Waals surface area contributed by atoms with Crippen LogP contribution in [0.2, 0.25) is 0 Å². The zero-order valence-electron chi connectivity index (χ0n) is 16.6. The Morgan fingerprint density at radius 3 is 2.35 bits per heavy atom. The first-order valence-corrected chi connectivity index (χ1v) is 9.97. The molecule has 5 rings (SSSR count). The predicted molar refractivity (Wildman–Crippen MR) is 120 cm³/mol. The van der Waals surface area contributed by atoms with Crippen LogP contribution >= 0.6 is 0 Å². The van der Waals surface area contributed by atoms with Gasteiger partial charge in [-0.05, 0) is 48.5 Å². The number of carbonyl (C=O) groups is 1. The molecule has 6 heteroatoms. The van der Waals surface area contributed by atoms with Gasteiger partial charge in [0.15, 0.2) is 5.65 Å². The highest BCUT2D eigenvalue weighted by atomic mass is 16.1. The van der Waals surface area contributed by atoms with E-state index in [4.69, 9.17) is 4.98 Å². The number of hydrogen-bond acceptors (Lipinski definition) is 4. The summed E-state index contributed by atoms with van der Waals surface area (Å²) >= 11 is 0. The smallest absolute Gasteiger partial charge is 0.251 e. The Labute approximate surface area is 179 Å². The van der Waals surface area contributed by atoms with Crippen LogP contribution in [0.4, 0.5) is 0 Å². The van der Waals surface area contributed by atoms with Crippen LogP contribution in [0.25, 0.3) is 28.2 Å². The first-order valence-electron chi connectivity index (χ1n) is 9.97. The molecule has 0 saturated heterocycles. The molecule has 150 valence electrons. The van der Waals surface area contributed by atoms with Crippen molar-refractivity contribution in [2.45, 2.75) is 6.54 Å². The van der Waals surface area contributed by atoms with E-state index >= 15 is 0 Å². The molecule has 2 aromatic carbocycles. The van der Waals surface area contributed by atoms with Crippen LogP contribution in [0.3, 0.4) is 0 Å². The number of hydrogen-bond donors (Lipinski definition) is 1. The maximum atomic E-state index is 12.5. The highest BCUT2D eigenvalue weighted by Crippen LogP contribution is 2.27. The highest BCUT2D eigenvalue weighted by Gasteiger charge is 2.15. The Morgan fingerprint density at radius 1 is 0.806 bits per heavy atom. The van der Waals surface area contributed by atoms with Crippen LogP contribution in [0.15, 0.2) is 97.3 Å². The van der Waals surface area contributed by atoms with Crippen molar-refractivity contribution >= 4 is 17.1 Å². The fraction of sp³-hybridized carbons (Fsp3) is 0.0400. The van der Waals surface area contributed by atoms with Crippen molar-refractivity contribution in [3.63, 3.8) is 0 Å². The van der Waals surface area contributed by atoms with E-state index in [-0.39, 0.29) is 5.91 Å². The predicted octanol–water partition coefficient (Wildman–Crippen LogP) is 4.41. The fourth-order valence-corrected chi connectivity index (χ4v) is 3.48. The van der Waals surface area contributed by atoms with E-state index < -0.39 is 0 Å². The number of pyridine rings is 2. The molecule has 0 atom stereocenters. The Hall–Kier alpha value is -4.32. The van der Waals surface area contributed by atoms with Gasteiger partial charge >= 0.3 is 0 Å². The molecule has 3 aromatic heterocycles. The second kappa shape index (κ2) is 8.20.